The molecule has 1 N–H and O–H groups in total. The van der Waals surface area contributed by atoms with Crippen LogP contribution in [0.5, 0.6) is 5.75 Å². The number of benzene rings is 1. The summed E-state index contributed by atoms with van der Waals surface area (Å²) in [6.07, 6.45) is 20.0. The first kappa shape index (κ1) is 20.8. The van der Waals surface area contributed by atoms with E-state index in [1.165, 1.54) is 70.6 Å². The van der Waals surface area contributed by atoms with Crippen molar-refractivity contribution in [3.05, 3.63) is 42.5 Å². The van der Waals surface area contributed by atoms with Crippen molar-refractivity contribution in [3.8, 4) is 5.75 Å². The summed E-state index contributed by atoms with van der Waals surface area (Å²) in [5.41, 5.74) is 0. The van der Waals surface area contributed by atoms with Crippen LogP contribution in [0.1, 0.15) is 84.5 Å². The Morgan fingerprint density at radius 3 is 1.73 bits per heavy atom. The van der Waals surface area contributed by atoms with Crippen molar-refractivity contribution < 1.29 is 5.11 Å². The maximum Gasteiger partial charge on any atom is 0.115 e. The molecular weight excluding hydrogens is 268 g/mol. The number of hydrogen-bond donors (Lipinski definition) is 1. The summed E-state index contributed by atoms with van der Waals surface area (Å²) >= 11 is 0. The number of phenolic OH excluding ortho intramolecular Hbond substituents is 1. The molecule has 22 heavy (non-hydrogen) atoms. The molecule has 1 heteroatoms. The fraction of sp³-hybridized carbons (Fsp3) is 0.619. The first-order chi connectivity index (χ1) is 10.8. The van der Waals surface area contributed by atoms with Gasteiger partial charge >= 0.3 is 0 Å². The van der Waals surface area contributed by atoms with Gasteiger partial charge in [0.1, 0.15) is 5.75 Å². The molecule has 1 aromatic carbocycles. The molecule has 0 aliphatic heterocycles. The fourth-order valence-corrected chi connectivity index (χ4v) is 2.29. The molecule has 0 unspecified atom stereocenters. The van der Waals surface area contributed by atoms with E-state index in [0.717, 1.165) is 0 Å². The quantitative estimate of drug-likeness (QED) is 0.337. The Kier molecular flexibility index (Phi) is 16.8. The number of aromatic hydroxyl groups is 1. The SMILES string of the molecule is CCC=CCCCCCCCCCCC.Oc1ccccc1. The molecular formula is C21H36O. The highest BCUT2D eigenvalue weighted by Crippen LogP contribution is 2.10. The van der Waals surface area contributed by atoms with E-state index in [9.17, 15) is 0 Å². The smallest absolute Gasteiger partial charge is 0.115 e. The van der Waals surface area contributed by atoms with Gasteiger partial charge in [-0.3, -0.25) is 0 Å². The van der Waals surface area contributed by atoms with Crippen LogP contribution in [-0.4, -0.2) is 5.11 Å². The lowest BCUT2D eigenvalue weighted by molar-refractivity contribution is 0.475. The number of phenols is 1. The molecule has 126 valence electrons. The number of hydrogen-bond acceptors (Lipinski definition) is 1. The summed E-state index contributed by atoms with van der Waals surface area (Å²) in [7, 11) is 0. The summed E-state index contributed by atoms with van der Waals surface area (Å²) in [5.74, 6) is 0.322. The molecule has 0 atom stereocenters. The summed E-state index contributed by atoms with van der Waals surface area (Å²) in [4.78, 5) is 0. The lowest BCUT2D eigenvalue weighted by atomic mass is 10.1. The second-order valence-electron chi connectivity index (χ2n) is 5.83. The second-order valence-corrected chi connectivity index (χ2v) is 5.83. The van der Waals surface area contributed by atoms with Crippen molar-refractivity contribution in [2.45, 2.75) is 84.5 Å². The van der Waals surface area contributed by atoms with Gasteiger partial charge in [-0.05, 0) is 31.4 Å². The van der Waals surface area contributed by atoms with Crippen molar-refractivity contribution in [2.75, 3.05) is 0 Å². The lowest BCUT2D eigenvalue weighted by Gasteiger charge is -2.00. The van der Waals surface area contributed by atoms with Gasteiger partial charge < -0.3 is 5.11 Å². The molecule has 0 amide bonds. The molecule has 0 bridgehead atoms. The Hall–Kier alpha value is -1.24. The molecule has 0 spiro atoms. The van der Waals surface area contributed by atoms with E-state index in [2.05, 4.69) is 26.0 Å². The van der Waals surface area contributed by atoms with Crippen LogP contribution in [-0.2, 0) is 0 Å². The van der Waals surface area contributed by atoms with E-state index in [-0.39, 0.29) is 0 Å². The van der Waals surface area contributed by atoms with Gasteiger partial charge in [0, 0.05) is 0 Å². The first-order valence-electron chi connectivity index (χ1n) is 9.20. The number of allylic oxidation sites excluding steroid dienone is 2. The van der Waals surface area contributed by atoms with Crippen molar-refractivity contribution >= 4 is 0 Å². The summed E-state index contributed by atoms with van der Waals surface area (Å²) in [5, 5.41) is 8.63. The molecule has 1 rings (SSSR count). The summed E-state index contributed by atoms with van der Waals surface area (Å²) in [6.45, 7) is 4.48. The minimum atomic E-state index is 0.322. The Bertz CT molecular complexity index is 329. The highest BCUT2D eigenvalue weighted by atomic mass is 16.3. The number of rotatable bonds is 11. The van der Waals surface area contributed by atoms with E-state index in [4.69, 9.17) is 5.11 Å². The topological polar surface area (TPSA) is 20.2 Å². The standard InChI is InChI=1S/C15H30.C6H6O/c1-3-5-7-9-11-13-15-14-12-10-8-6-4-2;7-6-4-2-1-3-5-6/h5,7H,3-4,6,8-15H2,1-2H3;1-5,7H. The van der Waals surface area contributed by atoms with Crippen LogP contribution in [0.15, 0.2) is 42.5 Å². The maximum atomic E-state index is 8.63. The van der Waals surface area contributed by atoms with E-state index < -0.39 is 0 Å². The van der Waals surface area contributed by atoms with Gasteiger partial charge in [-0.25, -0.2) is 0 Å². The predicted molar refractivity (Wildman–Crippen MR) is 99.4 cm³/mol. The van der Waals surface area contributed by atoms with Crippen LogP contribution < -0.4 is 0 Å². The van der Waals surface area contributed by atoms with Gasteiger partial charge in [0.25, 0.3) is 0 Å². The van der Waals surface area contributed by atoms with E-state index in [1.54, 1.807) is 24.3 Å². The zero-order chi connectivity index (χ0) is 16.3. The van der Waals surface area contributed by atoms with Crippen LogP contribution in [0.3, 0.4) is 0 Å². The van der Waals surface area contributed by atoms with Crippen molar-refractivity contribution in [2.24, 2.45) is 0 Å². The van der Waals surface area contributed by atoms with E-state index >= 15 is 0 Å². The van der Waals surface area contributed by atoms with Crippen molar-refractivity contribution in [1.82, 2.24) is 0 Å². The van der Waals surface area contributed by atoms with Gasteiger partial charge in [-0.15, -0.1) is 0 Å². The van der Waals surface area contributed by atoms with Crippen LogP contribution in [0, 0.1) is 0 Å². The second kappa shape index (κ2) is 17.8. The minimum absolute atomic E-state index is 0.322. The Balaban J connectivity index is 0.000000518. The number of unbranched alkanes of at least 4 members (excludes halogenated alkanes) is 9. The highest BCUT2D eigenvalue weighted by molar-refractivity contribution is 5.18. The average molecular weight is 305 g/mol. The monoisotopic (exact) mass is 304 g/mol. The molecule has 1 nitrogen and oxygen atoms in total. The zero-order valence-electron chi connectivity index (χ0n) is 14.8. The molecule has 0 saturated heterocycles. The van der Waals surface area contributed by atoms with E-state index in [1.807, 2.05) is 6.07 Å². The molecule has 0 fully saturated rings. The van der Waals surface area contributed by atoms with Crippen LogP contribution in [0.2, 0.25) is 0 Å². The number of para-hydroxylation sites is 1. The minimum Gasteiger partial charge on any atom is -0.508 e. The Labute approximate surface area is 138 Å². The lowest BCUT2D eigenvalue weighted by Crippen LogP contribution is -1.80. The summed E-state index contributed by atoms with van der Waals surface area (Å²) < 4.78 is 0. The van der Waals surface area contributed by atoms with E-state index in [0.29, 0.717) is 5.75 Å². The van der Waals surface area contributed by atoms with Gasteiger partial charge in [0.2, 0.25) is 0 Å². The molecule has 0 radical (unpaired) electrons. The van der Waals surface area contributed by atoms with Gasteiger partial charge in [-0.1, -0.05) is 95.6 Å². The van der Waals surface area contributed by atoms with Crippen LogP contribution in [0.25, 0.3) is 0 Å². The van der Waals surface area contributed by atoms with Crippen LogP contribution >= 0.6 is 0 Å². The molecule has 0 aliphatic rings. The van der Waals surface area contributed by atoms with Crippen molar-refractivity contribution in [3.63, 3.8) is 0 Å². The normalized spacial score (nSPS) is 10.5. The molecule has 0 saturated carbocycles. The van der Waals surface area contributed by atoms with Crippen molar-refractivity contribution in [1.29, 1.82) is 0 Å². The Morgan fingerprint density at radius 2 is 1.27 bits per heavy atom. The molecule has 0 aliphatic carbocycles. The largest absolute Gasteiger partial charge is 0.508 e. The van der Waals surface area contributed by atoms with Gasteiger partial charge in [0.15, 0.2) is 0 Å². The molecule has 1 aromatic rings. The fourth-order valence-electron chi connectivity index (χ4n) is 2.29. The molecule has 0 heterocycles. The zero-order valence-corrected chi connectivity index (χ0v) is 14.8. The first-order valence-corrected chi connectivity index (χ1v) is 9.20. The van der Waals surface area contributed by atoms with Gasteiger partial charge in [-0.2, -0.15) is 0 Å². The highest BCUT2D eigenvalue weighted by Gasteiger charge is 1.90. The van der Waals surface area contributed by atoms with Crippen LogP contribution in [0.4, 0.5) is 0 Å². The average Bonchev–Trinajstić information content (AvgIpc) is 2.54. The molecule has 0 aromatic heterocycles. The predicted octanol–water partition coefficient (Wildman–Crippen LogP) is 7.27. The third kappa shape index (κ3) is 16.8. The maximum absolute atomic E-state index is 8.63. The summed E-state index contributed by atoms with van der Waals surface area (Å²) in [6, 6.07) is 8.71. The van der Waals surface area contributed by atoms with Gasteiger partial charge in [0.05, 0.1) is 0 Å². The Morgan fingerprint density at radius 1 is 0.727 bits per heavy atom. The third-order valence-corrected chi connectivity index (χ3v) is 3.63. The third-order valence-electron chi connectivity index (χ3n) is 3.63.